The third-order valence-corrected chi connectivity index (χ3v) is 2.66. The van der Waals surface area contributed by atoms with Crippen molar-refractivity contribution in [1.29, 1.82) is 0 Å². The van der Waals surface area contributed by atoms with E-state index in [0.717, 1.165) is 30.1 Å². The van der Waals surface area contributed by atoms with Gasteiger partial charge in [-0.25, -0.2) is 9.97 Å². The molecular weight excluding hydrogens is 202 g/mol. The topological polar surface area (TPSA) is 76.5 Å². The van der Waals surface area contributed by atoms with E-state index in [0.29, 0.717) is 11.8 Å². The van der Waals surface area contributed by atoms with Crippen LogP contribution >= 0.6 is 0 Å². The van der Waals surface area contributed by atoms with Crippen molar-refractivity contribution in [2.45, 2.75) is 26.7 Å². The van der Waals surface area contributed by atoms with Gasteiger partial charge < -0.3 is 5.73 Å². The second kappa shape index (κ2) is 4.38. The third kappa shape index (κ3) is 2.08. The molecule has 16 heavy (non-hydrogen) atoms. The molecule has 0 saturated heterocycles. The van der Waals surface area contributed by atoms with Gasteiger partial charge in [0.2, 0.25) is 0 Å². The van der Waals surface area contributed by atoms with Gasteiger partial charge in [0.1, 0.15) is 11.7 Å². The molecule has 2 N–H and O–H groups in total. The van der Waals surface area contributed by atoms with Crippen LogP contribution in [0, 0.1) is 12.8 Å². The largest absolute Gasteiger partial charge is 0.386 e. The van der Waals surface area contributed by atoms with Crippen molar-refractivity contribution in [3.05, 3.63) is 23.8 Å². The zero-order chi connectivity index (χ0) is 11.5. The molecule has 2 heterocycles. The molecule has 0 saturated carbocycles. The van der Waals surface area contributed by atoms with Crippen molar-refractivity contribution in [1.82, 2.24) is 9.97 Å². The number of hydrogen-bond acceptors (Lipinski definition) is 5. The van der Waals surface area contributed by atoms with E-state index >= 15 is 0 Å². The normalized spacial score (nSPS) is 20.2. The molecule has 5 nitrogen and oxygen atoms in total. The number of nitrogens with two attached hydrogens (primary N) is 1. The Morgan fingerprint density at radius 3 is 2.94 bits per heavy atom. The average molecular weight is 217 g/mol. The van der Waals surface area contributed by atoms with Crippen LogP contribution in [0.3, 0.4) is 0 Å². The van der Waals surface area contributed by atoms with Gasteiger partial charge in [0.15, 0.2) is 0 Å². The second-order valence-electron chi connectivity index (χ2n) is 3.87. The number of rotatable bonds is 2. The van der Waals surface area contributed by atoms with E-state index in [9.17, 15) is 0 Å². The molecule has 0 fully saturated rings. The van der Waals surface area contributed by atoms with Crippen molar-refractivity contribution in [3.63, 3.8) is 0 Å². The average Bonchev–Trinajstić information content (AvgIpc) is 2.28. The predicted molar refractivity (Wildman–Crippen MR) is 63.3 cm³/mol. The lowest BCUT2D eigenvalue weighted by molar-refractivity contribution is 0.674. The number of hydrogen-bond donors (Lipinski definition) is 1. The lowest BCUT2D eigenvalue weighted by Gasteiger charge is -2.19. The lowest BCUT2D eigenvalue weighted by Crippen LogP contribution is -2.27. The summed E-state index contributed by atoms with van der Waals surface area (Å²) >= 11 is 0. The van der Waals surface area contributed by atoms with E-state index in [-0.39, 0.29) is 0 Å². The summed E-state index contributed by atoms with van der Waals surface area (Å²) < 4.78 is 0. The molecule has 1 aliphatic heterocycles. The molecule has 1 aliphatic rings. The van der Waals surface area contributed by atoms with Gasteiger partial charge in [-0.2, -0.15) is 5.10 Å². The fourth-order valence-corrected chi connectivity index (χ4v) is 1.79. The van der Waals surface area contributed by atoms with Crippen molar-refractivity contribution in [2.75, 3.05) is 0 Å². The van der Waals surface area contributed by atoms with Crippen LogP contribution in [0.1, 0.15) is 31.3 Å². The van der Waals surface area contributed by atoms with Gasteiger partial charge in [-0.05, 0) is 19.4 Å². The summed E-state index contributed by atoms with van der Waals surface area (Å²) in [5.41, 5.74) is 7.46. The minimum Gasteiger partial charge on any atom is -0.386 e. The van der Waals surface area contributed by atoms with E-state index in [1.54, 1.807) is 6.20 Å². The molecule has 0 spiro atoms. The van der Waals surface area contributed by atoms with E-state index in [2.05, 4.69) is 27.1 Å². The van der Waals surface area contributed by atoms with Crippen molar-refractivity contribution in [3.8, 4) is 0 Å². The zero-order valence-electron chi connectivity index (χ0n) is 9.51. The second-order valence-corrected chi connectivity index (χ2v) is 3.87. The maximum absolute atomic E-state index is 5.68. The Morgan fingerprint density at radius 1 is 1.44 bits per heavy atom. The fraction of sp³-hybridized carbons (Fsp3) is 0.455. The highest BCUT2D eigenvalue weighted by atomic mass is 15.2. The first-order valence-corrected chi connectivity index (χ1v) is 5.40. The highest BCUT2D eigenvalue weighted by Crippen LogP contribution is 2.19. The van der Waals surface area contributed by atoms with E-state index in [4.69, 9.17) is 5.73 Å². The fourth-order valence-electron chi connectivity index (χ4n) is 1.79. The van der Waals surface area contributed by atoms with Crippen LogP contribution in [0.15, 0.2) is 22.5 Å². The van der Waals surface area contributed by atoms with Gasteiger partial charge in [0.25, 0.3) is 0 Å². The Balaban J connectivity index is 2.38. The summed E-state index contributed by atoms with van der Waals surface area (Å²) in [6.07, 6.45) is 3.49. The first-order valence-electron chi connectivity index (χ1n) is 5.40. The highest BCUT2D eigenvalue weighted by Gasteiger charge is 2.22. The molecule has 0 aliphatic carbocycles. The van der Waals surface area contributed by atoms with E-state index in [1.165, 1.54) is 0 Å². The molecule has 1 atom stereocenters. The van der Waals surface area contributed by atoms with Crippen LogP contribution in [0.25, 0.3) is 0 Å². The van der Waals surface area contributed by atoms with Crippen LogP contribution in [-0.2, 0) is 0 Å². The number of nitrogens with zero attached hydrogens (tertiary/aromatic N) is 4. The molecule has 0 bridgehead atoms. The molecule has 0 aromatic carbocycles. The summed E-state index contributed by atoms with van der Waals surface area (Å²) in [6.45, 7) is 3.98. The van der Waals surface area contributed by atoms with Gasteiger partial charge in [0.05, 0.1) is 11.4 Å². The summed E-state index contributed by atoms with van der Waals surface area (Å²) in [5.74, 6) is 1.66. The van der Waals surface area contributed by atoms with Gasteiger partial charge in [-0.3, -0.25) is 0 Å². The molecule has 5 heteroatoms. The maximum Gasteiger partial charge on any atom is 0.125 e. The first-order chi connectivity index (χ1) is 7.70. The quantitative estimate of drug-likeness (QED) is 0.810. The summed E-state index contributed by atoms with van der Waals surface area (Å²) in [4.78, 5) is 8.44. The third-order valence-electron chi connectivity index (χ3n) is 2.66. The zero-order valence-corrected chi connectivity index (χ0v) is 9.51. The minimum atomic E-state index is 0.312. The van der Waals surface area contributed by atoms with Crippen molar-refractivity contribution in [2.24, 2.45) is 21.9 Å². The highest BCUT2D eigenvalue weighted by molar-refractivity contribution is 6.04. The Hall–Kier alpha value is -1.78. The molecule has 1 aromatic heterocycles. The molecule has 2 rings (SSSR count). The molecule has 0 radical (unpaired) electrons. The Labute approximate surface area is 94.5 Å². The van der Waals surface area contributed by atoms with Crippen LogP contribution in [0.5, 0.6) is 0 Å². The molecular formula is C11H15N5. The van der Waals surface area contributed by atoms with Crippen molar-refractivity contribution >= 4 is 11.5 Å². The van der Waals surface area contributed by atoms with Crippen molar-refractivity contribution < 1.29 is 0 Å². The summed E-state index contributed by atoms with van der Waals surface area (Å²) in [7, 11) is 0. The minimum absolute atomic E-state index is 0.312. The van der Waals surface area contributed by atoms with Crippen LogP contribution in [0.4, 0.5) is 0 Å². The number of amidine groups is 1. The van der Waals surface area contributed by atoms with Gasteiger partial charge in [0, 0.05) is 18.5 Å². The van der Waals surface area contributed by atoms with E-state index < -0.39 is 0 Å². The van der Waals surface area contributed by atoms with E-state index in [1.807, 2.05) is 13.0 Å². The van der Waals surface area contributed by atoms with Gasteiger partial charge in [-0.1, -0.05) is 6.92 Å². The number of aryl methyl sites for hydroxylation is 1. The summed E-state index contributed by atoms with van der Waals surface area (Å²) in [6, 6.07) is 1.87. The lowest BCUT2D eigenvalue weighted by atomic mass is 9.93. The van der Waals surface area contributed by atoms with Gasteiger partial charge in [-0.15, -0.1) is 5.10 Å². The van der Waals surface area contributed by atoms with Crippen LogP contribution in [0.2, 0.25) is 0 Å². The SMILES string of the molecule is CCC1CC(N)=NN=C1c1ccnc(C)n1. The first kappa shape index (κ1) is 10.7. The molecule has 1 aromatic rings. The molecule has 84 valence electrons. The smallest absolute Gasteiger partial charge is 0.125 e. The number of aromatic nitrogens is 2. The Kier molecular flexibility index (Phi) is 2.94. The standard InChI is InChI=1S/C11H15N5/c1-3-8-6-10(12)15-16-11(8)9-4-5-13-7(2)14-9/h4-5,8H,3,6H2,1-2H3,(H2,12,15). The van der Waals surface area contributed by atoms with Crippen LogP contribution < -0.4 is 5.73 Å². The monoisotopic (exact) mass is 217 g/mol. The molecule has 0 amide bonds. The van der Waals surface area contributed by atoms with Crippen LogP contribution in [-0.4, -0.2) is 21.5 Å². The predicted octanol–water partition coefficient (Wildman–Crippen LogP) is 1.28. The molecule has 1 unspecified atom stereocenters. The Morgan fingerprint density at radius 2 is 2.25 bits per heavy atom. The Bertz CT molecular complexity index is 449. The van der Waals surface area contributed by atoms with Gasteiger partial charge >= 0.3 is 0 Å². The summed E-state index contributed by atoms with van der Waals surface area (Å²) in [5, 5.41) is 8.10. The maximum atomic E-state index is 5.68.